The third-order valence-corrected chi connectivity index (χ3v) is 8.44. The summed E-state index contributed by atoms with van der Waals surface area (Å²) in [4.78, 5) is 4.73. The Bertz CT molecular complexity index is 1480. The monoisotopic (exact) mass is 449 g/mol. The topological polar surface area (TPSA) is 26.0 Å². The van der Waals surface area contributed by atoms with Crippen molar-refractivity contribution in [3.8, 4) is 22.6 Å². The van der Waals surface area contributed by atoms with Crippen LogP contribution in [-0.2, 0) is 5.41 Å². The predicted molar refractivity (Wildman–Crippen MR) is 144 cm³/mol. The van der Waals surface area contributed by atoms with Crippen LogP contribution in [0.3, 0.4) is 0 Å². The van der Waals surface area contributed by atoms with Gasteiger partial charge < -0.3 is 4.42 Å². The van der Waals surface area contributed by atoms with Gasteiger partial charge in [0.25, 0.3) is 0 Å². The second-order valence-electron chi connectivity index (χ2n) is 11.0. The number of nitrogens with zero attached hydrogens (tertiary/aromatic N) is 1. The van der Waals surface area contributed by atoms with E-state index < -0.39 is 8.07 Å². The van der Waals surface area contributed by atoms with Gasteiger partial charge in [0.15, 0.2) is 0 Å². The van der Waals surface area contributed by atoms with Crippen LogP contribution in [0.2, 0.25) is 19.6 Å². The van der Waals surface area contributed by atoms with E-state index in [-0.39, 0.29) is 5.41 Å². The number of hydrogen-bond donors (Lipinski definition) is 0. The fourth-order valence-corrected chi connectivity index (χ4v) is 5.64. The number of aromatic nitrogens is 1. The minimum Gasteiger partial charge on any atom is -0.456 e. The van der Waals surface area contributed by atoms with E-state index in [9.17, 15) is 0 Å². The first-order chi connectivity index (χ1) is 15.6. The SMILES string of the molecule is CC(C)(C)c1cc(-c2cc(-c3cc4cc([Si](C)(C)C)ccc4o3)ccn2)cc2ccccc12. The molecular formula is C30H31NOSi. The van der Waals surface area contributed by atoms with E-state index in [0.717, 1.165) is 28.2 Å². The van der Waals surface area contributed by atoms with E-state index in [1.807, 2.05) is 12.3 Å². The van der Waals surface area contributed by atoms with E-state index >= 15 is 0 Å². The summed E-state index contributed by atoms with van der Waals surface area (Å²) in [6.45, 7) is 13.9. The number of furan rings is 1. The molecule has 0 spiro atoms. The largest absolute Gasteiger partial charge is 0.456 e. The first-order valence-electron chi connectivity index (χ1n) is 11.6. The van der Waals surface area contributed by atoms with Gasteiger partial charge in [0.2, 0.25) is 0 Å². The molecule has 3 aromatic carbocycles. The van der Waals surface area contributed by atoms with Crippen LogP contribution in [0, 0.1) is 0 Å². The first-order valence-corrected chi connectivity index (χ1v) is 15.1. The highest BCUT2D eigenvalue weighted by atomic mass is 28.3. The van der Waals surface area contributed by atoms with Gasteiger partial charge in [-0.2, -0.15) is 0 Å². The maximum absolute atomic E-state index is 6.25. The molecule has 0 aliphatic rings. The van der Waals surface area contributed by atoms with Crippen LogP contribution in [0.1, 0.15) is 26.3 Å². The maximum Gasteiger partial charge on any atom is 0.135 e. The smallest absolute Gasteiger partial charge is 0.135 e. The van der Waals surface area contributed by atoms with E-state index in [2.05, 4.69) is 107 Å². The number of hydrogen-bond acceptors (Lipinski definition) is 2. The van der Waals surface area contributed by atoms with E-state index in [4.69, 9.17) is 9.40 Å². The van der Waals surface area contributed by atoms with Gasteiger partial charge in [0.1, 0.15) is 11.3 Å². The highest BCUT2D eigenvalue weighted by molar-refractivity contribution is 6.88. The fourth-order valence-electron chi connectivity index (χ4n) is 4.47. The molecule has 2 aromatic heterocycles. The zero-order chi connectivity index (χ0) is 23.4. The van der Waals surface area contributed by atoms with Gasteiger partial charge in [-0.3, -0.25) is 4.98 Å². The molecule has 0 atom stereocenters. The summed E-state index contributed by atoms with van der Waals surface area (Å²) in [5.41, 5.74) is 5.47. The summed E-state index contributed by atoms with van der Waals surface area (Å²) < 4.78 is 6.25. The van der Waals surface area contributed by atoms with Crippen LogP contribution in [0.25, 0.3) is 44.3 Å². The minimum absolute atomic E-state index is 0.0417. The van der Waals surface area contributed by atoms with Crippen LogP contribution < -0.4 is 5.19 Å². The van der Waals surface area contributed by atoms with Crippen LogP contribution in [0.5, 0.6) is 0 Å². The van der Waals surface area contributed by atoms with Crippen molar-refractivity contribution in [3.63, 3.8) is 0 Å². The third kappa shape index (κ3) is 4.14. The lowest BCUT2D eigenvalue weighted by Crippen LogP contribution is -2.37. The molecule has 33 heavy (non-hydrogen) atoms. The van der Waals surface area contributed by atoms with Crippen molar-refractivity contribution in [1.82, 2.24) is 4.98 Å². The summed E-state index contributed by atoms with van der Waals surface area (Å²) in [7, 11) is -1.37. The minimum atomic E-state index is -1.37. The van der Waals surface area contributed by atoms with Gasteiger partial charge >= 0.3 is 0 Å². The molecule has 0 saturated heterocycles. The molecule has 0 radical (unpaired) electrons. The molecule has 3 heteroatoms. The lowest BCUT2D eigenvalue weighted by molar-refractivity contribution is 0.596. The zero-order valence-electron chi connectivity index (χ0n) is 20.4. The molecule has 0 aliphatic heterocycles. The van der Waals surface area contributed by atoms with E-state index in [1.54, 1.807) is 0 Å². The summed E-state index contributed by atoms with van der Waals surface area (Å²) in [6.07, 6.45) is 1.89. The molecule has 166 valence electrons. The number of fused-ring (bicyclic) bond motifs is 2. The molecule has 0 unspecified atom stereocenters. The van der Waals surface area contributed by atoms with Crippen LogP contribution in [0.15, 0.2) is 83.4 Å². The molecule has 0 fully saturated rings. The summed E-state index contributed by atoms with van der Waals surface area (Å²) in [6, 6.07) is 26.2. The van der Waals surface area contributed by atoms with Crippen molar-refractivity contribution >= 4 is 35.0 Å². The highest BCUT2D eigenvalue weighted by Crippen LogP contribution is 2.35. The Morgan fingerprint density at radius 2 is 1.55 bits per heavy atom. The predicted octanol–water partition coefficient (Wildman–Crippen LogP) is 8.16. The maximum atomic E-state index is 6.25. The van der Waals surface area contributed by atoms with Gasteiger partial charge in [-0.1, -0.05) is 82.0 Å². The Balaban J connectivity index is 1.61. The number of rotatable bonds is 3. The first kappa shape index (κ1) is 21.7. The zero-order valence-corrected chi connectivity index (χ0v) is 21.4. The van der Waals surface area contributed by atoms with E-state index in [0.29, 0.717) is 0 Å². The molecule has 0 bridgehead atoms. The summed E-state index contributed by atoms with van der Waals surface area (Å²) in [5.74, 6) is 0.887. The Morgan fingerprint density at radius 1 is 0.758 bits per heavy atom. The molecule has 0 aliphatic carbocycles. The Labute approximate surface area is 197 Å². The van der Waals surface area contributed by atoms with Crippen molar-refractivity contribution < 1.29 is 4.42 Å². The fraction of sp³-hybridized carbons (Fsp3) is 0.233. The standard InChI is InChI=1S/C30H31NOSi/c1-30(2,3)26-17-22(15-20-9-7-8-10-25(20)26)27-18-21(13-14-31-27)29-19-23-16-24(33(4,5)6)11-12-28(23)32-29/h7-19H,1-6H3. The van der Waals surface area contributed by atoms with Gasteiger partial charge in [0.05, 0.1) is 13.8 Å². The van der Waals surface area contributed by atoms with Crippen LogP contribution >= 0.6 is 0 Å². The van der Waals surface area contributed by atoms with Gasteiger partial charge in [0, 0.05) is 22.7 Å². The third-order valence-electron chi connectivity index (χ3n) is 6.39. The lowest BCUT2D eigenvalue weighted by atomic mass is 9.82. The van der Waals surface area contributed by atoms with Gasteiger partial charge in [-0.15, -0.1) is 0 Å². The van der Waals surface area contributed by atoms with Gasteiger partial charge in [-0.25, -0.2) is 0 Å². The summed E-state index contributed by atoms with van der Waals surface area (Å²) >= 11 is 0. The molecule has 0 amide bonds. The molecule has 2 nitrogen and oxygen atoms in total. The quantitative estimate of drug-likeness (QED) is 0.260. The number of pyridine rings is 1. The molecule has 0 saturated carbocycles. The molecular weight excluding hydrogens is 418 g/mol. The van der Waals surface area contributed by atoms with Crippen LogP contribution in [-0.4, -0.2) is 13.1 Å². The normalized spacial score (nSPS) is 12.5. The molecule has 2 heterocycles. The van der Waals surface area contributed by atoms with Crippen molar-refractivity contribution in [2.24, 2.45) is 0 Å². The van der Waals surface area contributed by atoms with E-state index in [1.165, 1.54) is 26.9 Å². The average molecular weight is 450 g/mol. The Hall–Kier alpha value is -3.17. The second-order valence-corrected chi connectivity index (χ2v) is 16.1. The van der Waals surface area contributed by atoms with Crippen molar-refractivity contribution in [1.29, 1.82) is 0 Å². The second kappa shape index (κ2) is 7.70. The Morgan fingerprint density at radius 3 is 2.30 bits per heavy atom. The average Bonchev–Trinajstić information content (AvgIpc) is 3.21. The van der Waals surface area contributed by atoms with Crippen LogP contribution in [0.4, 0.5) is 0 Å². The van der Waals surface area contributed by atoms with Crippen molar-refractivity contribution in [3.05, 3.63) is 84.6 Å². The Kier molecular flexibility index (Phi) is 5.06. The molecule has 5 aromatic rings. The van der Waals surface area contributed by atoms with Gasteiger partial charge in [-0.05, 0) is 58.1 Å². The molecule has 5 rings (SSSR count). The lowest BCUT2D eigenvalue weighted by Gasteiger charge is -2.22. The molecule has 0 N–H and O–H groups in total. The van der Waals surface area contributed by atoms with Crippen molar-refractivity contribution in [2.75, 3.05) is 0 Å². The summed E-state index contributed by atoms with van der Waals surface area (Å²) in [5, 5.41) is 5.17. The highest BCUT2D eigenvalue weighted by Gasteiger charge is 2.20. The number of benzene rings is 3. The van der Waals surface area contributed by atoms with Crippen molar-refractivity contribution in [2.45, 2.75) is 45.8 Å².